The molecule has 0 aliphatic carbocycles. The second-order valence-corrected chi connectivity index (χ2v) is 6.56. The molecule has 23 heavy (non-hydrogen) atoms. The lowest BCUT2D eigenvalue weighted by Gasteiger charge is -2.16. The van der Waals surface area contributed by atoms with Gasteiger partial charge in [-0.1, -0.05) is 29.5 Å². The first-order valence-electron chi connectivity index (χ1n) is 7.89. The highest BCUT2D eigenvalue weighted by molar-refractivity contribution is 7.17. The van der Waals surface area contributed by atoms with Crippen molar-refractivity contribution in [3.8, 4) is 5.75 Å². The molecule has 122 valence electrons. The monoisotopic (exact) mass is 331 g/mol. The van der Waals surface area contributed by atoms with Crippen molar-refractivity contribution in [1.82, 2.24) is 9.88 Å². The summed E-state index contributed by atoms with van der Waals surface area (Å²) in [7, 11) is 0. The zero-order valence-electron chi connectivity index (χ0n) is 13.4. The highest BCUT2D eigenvalue weighted by atomic mass is 32.1. The first-order chi connectivity index (χ1) is 11.2. The van der Waals surface area contributed by atoms with E-state index in [-0.39, 0.29) is 12.0 Å². The molecule has 1 aliphatic rings. The Morgan fingerprint density at radius 2 is 2.22 bits per heavy atom. The molecule has 1 fully saturated rings. The Kier molecular flexibility index (Phi) is 4.81. The summed E-state index contributed by atoms with van der Waals surface area (Å²) in [5, 5.41) is 3.98. The Balaban J connectivity index is 1.63. The van der Waals surface area contributed by atoms with E-state index in [1.165, 1.54) is 11.3 Å². The van der Waals surface area contributed by atoms with Gasteiger partial charge in [0.1, 0.15) is 16.7 Å². The third kappa shape index (κ3) is 3.64. The number of hydrogen-bond donors (Lipinski definition) is 1. The molecule has 3 rings (SSSR count). The van der Waals surface area contributed by atoms with Gasteiger partial charge in [0.05, 0.1) is 12.2 Å². The summed E-state index contributed by atoms with van der Waals surface area (Å²) in [5.74, 6) is 0.915. The Bertz CT molecular complexity index is 672. The molecule has 1 atom stereocenters. The number of carbonyl (C=O) groups excluding carboxylic acids is 1. The van der Waals surface area contributed by atoms with Gasteiger partial charge in [-0.25, -0.2) is 4.98 Å². The van der Waals surface area contributed by atoms with Crippen LogP contribution in [0.1, 0.15) is 28.7 Å². The van der Waals surface area contributed by atoms with Crippen LogP contribution in [0.15, 0.2) is 30.3 Å². The van der Waals surface area contributed by atoms with Crippen LogP contribution in [-0.2, 0) is 0 Å². The number of ether oxygens (including phenoxy) is 1. The third-order valence-corrected chi connectivity index (χ3v) is 4.90. The van der Waals surface area contributed by atoms with Gasteiger partial charge in [-0.15, -0.1) is 0 Å². The smallest absolute Gasteiger partial charge is 0.266 e. The Hall–Kier alpha value is -2.08. The van der Waals surface area contributed by atoms with Crippen molar-refractivity contribution in [2.75, 3.05) is 25.0 Å². The Morgan fingerprint density at radius 3 is 2.96 bits per heavy atom. The van der Waals surface area contributed by atoms with E-state index in [0.717, 1.165) is 41.0 Å². The number of hydrogen-bond acceptors (Lipinski definition) is 5. The van der Waals surface area contributed by atoms with E-state index < -0.39 is 0 Å². The van der Waals surface area contributed by atoms with E-state index in [0.29, 0.717) is 6.54 Å². The van der Waals surface area contributed by atoms with Crippen molar-refractivity contribution < 1.29 is 9.53 Å². The minimum absolute atomic E-state index is 0.0582. The van der Waals surface area contributed by atoms with Gasteiger partial charge >= 0.3 is 0 Å². The Labute approximate surface area is 140 Å². The van der Waals surface area contributed by atoms with Crippen LogP contribution in [0.25, 0.3) is 0 Å². The van der Waals surface area contributed by atoms with Crippen molar-refractivity contribution in [3.05, 3.63) is 40.9 Å². The molecule has 0 radical (unpaired) electrons. The number of amides is 1. The SMILES string of the molecule is CCNc1nc(C)c(C(=O)N2CC[C@H](Oc3ccccc3)C2)s1. The molecule has 2 heterocycles. The number of likely N-dealkylation sites (tertiary alicyclic amines) is 1. The minimum atomic E-state index is 0.0582. The van der Waals surface area contributed by atoms with Crippen molar-refractivity contribution in [1.29, 1.82) is 0 Å². The maximum Gasteiger partial charge on any atom is 0.266 e. The number of anilines is 1. The van der Waals surface area contributed by atoms with Crippen molar-refractivity contribution >= 4 is 22.4 Å². The fraction of sp³-hybridized carbons (Fsp3) is 0.412. The molecule has 1 aromatic heterocycles. The van der Waals surface area contributed by atoms with E-state index in [1.54, 1.807) is 0 Å². The number of para-hydroxylation sites is 1. The zero-order chi connectivity index (χ0) is 16.2. The number of aryl methyl sites for hydroxylation is 1. The van der Waals surface area contributed by atoms with Crippen LogP contribution in [0.5, 0.6) is 5.75 Å². The molecule has 1 N–H and O–H groups in total. The molecular formula is C17H21N3O2S. The quantitative estimate of drug-likeness (QED) is 0.914. The first-order valence-corrected chi connectivity index (χ1v) is 8.71. The molecule has 0 unspecified atom stereocenters. The summed E-state index contributed by atoms with van der Waals surface area (Å²) < 4.78 is 5.95. The average molecular weight is 331 g/mol. The lowest BCUT2D eigenvalue weighted by molar-refractivity contribution is 0.0776. The second-order valence-electron chi connectivity index (χ2n) is 5.56. The fourth-order valence-corrected chi connectivity index (χ4v) is 3.67. The maximum absolute atomic E-state index is 12.7. The van der Waals surface area contributed by atoms with Gasteiger partial charge in [0, 0.05) is 19.5 Å². The molecule has 0 saturated carbocycles. The summed E-state index contributed by atoms with van der Waals surface area (Å²) >= 11 is 1.43. The lowest BCUT2D eigenvalue weighted by Crippen LogP contribution is -2.30. The molecule has 5 nitrogen and oxygen atoms in total. The topological polar surface area (TPSA) is 54.5 Å². The van der Waals surface area contributed by atoms with Crippen molar-refractivity contribution in [3.63, 3.8) is 0 Å². The van der Waals surface area contributed by atoms with Gasteiger partial charge in [-0.3, -0.25) is 4.79 Å². The largest absolute Gasteiger partial charge is 0.489 e. The van der Waals surface area contributed by atoms with Gasteiger partial charge in [-0.2, -0.15) is 0 Å². The molecular weight excluding hydrogens is 310 g/mol. The van der Waals surface area contributed by atoms with Crippen LogP contribution in [-0.4, -0.2) is 41.5 Å². The molecule has 0 bridgehead atoms. The normalized spacial score (nSPS) is 17.3. The van der Waals surface area contributed by atoms with Gasteiger partial charge < -0.3 is 15.0 Å². The molecule has 2 aromatic rings. The van der Waals surface area contributed by atoms with Gasteiger partial charge in [0.2, 0.25) is 0 Å². The molecule has 6 heteroatoms. The molecule has 1 aliphatic heterocycles. The van der Waals surface area contributed by atoms with E-state index in [4.69, 9.17) is 4.74 Å². The standard InChI is InChI=1S/C17H21N3O2S/c1-3-18-17-19-12(2)15(23-17)16(21)20-10-9-14(11-20)22-13-7-5-4-6-8-13/h4-8,14H,3,9-11H2,1-2H3,(H,18,19)/t14-/m0/s1. The number of aromatic nitrogens is 1. The first kappa shape index (κ1) is 15.8. The summed E-state index contributed by atoms with van der Waals surface area (Å²) in [6.45, 7) is 6.06. The predicted octanol–water partition coefficient (Wildman–Crippen LogP) is 3.18. The number of nitrogens with one attached hydrogen (secondary N) is 1. The summed E-state index contributed by atoms with van der Waals surface area (Å²) in [4.78, 5) is 19.7. The van der Waals surface area contributed by atoms with Crippen molar-refractivity contribution in [2.24, 2.45) is 0 Å². The number of nitrogens with zero attached hydrogens (tertiary/aromatic N) is 2. The van der Waals surface area contributed by atoms with E-state index >= 15 is 0 Å². The predicted molar refractivity (Wildman–Crippen MR) is 92.4 cm³/mol. The molecule has 1 saturated heterocycles. The molecule has 0 spiro atoms. The van der Waals surface area contributed by atoms with Crippen LogP contribution in [0.3, 0.4) is 0 Å². The summed E-state index contributed by atoms with van der Waals surface area (Å²) in [6, 6.07) is 9.76. The summed E-state index contributed by atoms with van der Waals surface area (Å²) in [5.41, 5.74) is 0.795. The second kappa shape index (κ2) is 7.00. The summed E-state index contributed by atoms with van der Waals surface area (Å²) in [6.07, 6.45) is 0.918. The molecule has 1 amide bonds. The zero-order valence-corrected chi connectivity index (χ0v) is 14.2. The van der Waals surface area contributed by atoms with Crippen LogP contribution in [0.4, 0.5) is 5.13 Å². The van der Waals surface area contributed by atoms with E-state index in [1.807, 2.05) is 49.1 Å². The van der Waals surface area contributed by atoms with Crippen LogP contribution in [0, 0.1) is 6.92 Å². The third-order valence-electron chi connectivity index (χ3n) is 3.80. The van der Waals surface area contributed by atoms with Crippen molar-refractivity contribution in [2.45, 2.75) is 26.4 Å². The van der Waals surface area contributed by atoms with Gasteiger partial charge in [0.15, 0.2) is 5.13 Å². The van der Waals surface area contributed by atoms with Gasteiger partial charge in [0.25, 0.3) is 5.91 Å². The maximum atomic E-state index is 12.7. The lowest BCUT2D eigenvalue weighted by atomic mass is 10.3. The van der Waals surface area contributed by atoms with Gasteiger partial charge in [-0.05, 0) is 26.0 Å². The number of carbonyl (C=O) groups is 1. The van der Waals surface area contributed by atoms with Crippen LogP contribution in [0.2, 0.25) is 0 Å². The van der Waals surface area contributed by atoms with Crippen LogP contribution < -0.4 is 10.1 Å². The van der Waals surface area contributed by atoms with Crippen LogP contribution >= 0.6 is 11.3 Å². The highest BCUT2D eigenvalue weighted by Gasteiger charge is 2.30. The van der Waals surface area contributed by atoms with E-state index in [2.05, 4.69) is 10.3 Å². The average Bonchev–Trinajstić information content (AvgIpc) is 3.15. The fourth-order valence-electron chi connectivity index (χ4n) is 2.67. The molecule has 1 aromatic carbocycles. The number of benzene rings is 1. The van der Waals surface area contributed by atoms with E-state index in [9.17, 15) is 4.79 Å². The Morgan fingerprint density at radius 1 is 1.43 bits per heavy atom. The minimum Gasteiger partial charge on any atom is -0.489 e. The number of rotatable bonds is 5. The number of thiazole rings is 1. The highest BCUT2D eigenvalue weighted by Crippen LogP contribution is 2.26.